The molecule has 0 aliphatic rings. The van der Waals surface area contributed by atoms with Crippen molar-refractivity contribution in [2.24, 2.45) is 0 Å². The van der Waals surface area contributed by atoms with Gasteiger partial charge in [0.15, 0.2) is 5.16 Å². The first-order valence-corrected chi connectivity index (χ1v) is 6.32. The zero-order chi connectivity index (χ0) is 12.4. The number of nitrogens with zero attached hydrogens (tertiary/aromatic N) is 2. The molecule has 3 N–H and O–H groups in total. The number of pyridine rings is 1. The van der Waals surface area contributed by atoms with Gasteiger partial charge in [-0.15, -0.1) is 0 Å². The monoisotopic (exact) mass is 312 g/mol. The number of anilines is 1. The number of aromatic nitrogens is 3. The molecule has 88 valence electrons. The van der Waals surface area contributed by atoms with Gasteiger partial charge in [0.2, 0.25) is 0 Å². The summed E-state index contributed by atoms with van der Waals surface area (Å²) in [6, 6.07) is 1.36. The minimum absolute atomic E-state index is 0.189. The lowest BCUT2D eigenvalue weighted by molar-refractivity contribution is 0.930. The molecule has 2 aromatic rings. The standard InChI is InChI=1S/C10H9BrN4OS/c1-5-6(12)4-14-9(8(5)11)17-10-13-3-2-7(16)15-10/h2-4H,12H2,1H3,(H,13,15,16). The number of halogens is 1. The fourth-order valence-corrected chi connectivity index (χ4v) is 2.51. The van der Waals surface area contributed by atoms with Gasteiger partial charge in [-0.1, -0.05) is 0 Å². The van der Waals surface area contributed by atoms with Crippen LogP contribution in [0.5, 0.6) is 0 Å². The van der Waals surface area contributed by atoms with E-state index in [1.54, 1.807) is 6.20 Å². The molecule has 0 atom stereocenters. The minimum atomic E-state index is -0.189. The second-order valence-electron chi connectivity index (χ2n) is 3.30. The first-order valence-electron chi connectivity index (χ1n) is 4.71. The Morgan fingerprint density at radius 1 is 1.47 bits per heavy atom. The SMILES string of the molecule is Cc1c(N)cnc(Sc2nccc(=O)[nH]2)c1Br. The Morgan fingerprint density at radius 3 is 2.94 bits per heavy atom. The van der Waals surface area contributed by atoms with E-state index in [4.69, 9.17) is 5.73 Å². The molecule has 0 unspecified atom stereocenters. The van der Waals surface area contributed by atoms with Gasteiger partial charge in [0.25, 0.3) is 5.56 Å². The fraction of sp³-hybridized carbons (Fsp3) is 0.100. The van der Waals surface area contributed by atoms with Crippen molar-refractivity contribution in [2.45, 2.75) is 17.1 Å². The van der Waals surface area contributed by atoms with Crippen molar-refractivity contribution < 1.29 is 0 Å². The highest BCUT2D eigenvalue weighted by molar-refractivity contribution is 9.10. The maximum atomic E-state index is 11.1. The smallest absolute Gasteiger partial charge is 0.251 e. The van der Waals surface area contributed by atoms with Crippen molar-refractivity contribution in [3.63, 3.8) is 0 Å². The Balaban J connectivity index is 2.37. The van der Waals surface area contributed by atoms with Crippen molar-refractivity contribution in [3.8, 4) is 0 Å². The summed E-state index contributed by atoms with van der Waals surface area (Å²) in [4.78, 5) is 22.0. The summed E-state index contributed by atoms with van der Waals surface area (Å²) in [5.74, 6) is 0. The maximum Gasteiger partial charge on any atom is 0.251 e. The van der Waals surface area contributed by atoms with Crippen LogP contribution in [0.25, 0.3) is 0 Å². The zero-order valence-electron chi connectivity index (χ0n) is 8.90. The molecule has 0 spiro atoms. The molecule has 0 radical (unpaired) electrons. The molecule has 7 heteroatoms. The first-order chi connectivity index (χ1) is 8.08. The van der Waals surface area contributed by atoms with Crippen molar-refractivity contribution in [3.05, 3.63) is 38.9 Å². The van der Waals surface area contributed by atoms with Gasteiger partial charge in [-0.25, -0.2) is 9.97 Å². The van der Waals surface area contributed by atoms with Gasteiger partial charge in [-0.3, -0.25) is 4.79 Å². The maximum absolute atomic E-state index is 11.1. The lowest BCUT2D eigenvalue weighted by Crippen LogP contribution is -2.05. The number of aromatic amines is 1. The third kappa shape index (κ3) is 2.67. The normalized spacial score (nSPS) is 10.5. The minimum Gasteiger partial charge on any atom is -0.397 e. The van der Waals surface area contributed by atoms with Crippen LogP contribution in [0.4, 0.5) is 5.69 Å². The van der Waals surface area contributed by atoms with E-state index >= 15 is 0 Å². The predicted octanol–water partition coefficient (Wildman–Crippen LogP) is 1.97. The van der Waals surface area contributed by atoms with Crippen LogP contribution in [0.1, 0.15) is 5.56 Å². The third-order valence-electron chi connectivity index (χ3n) is 2.11. The number of H-pyrrole nitrogens is 1. The number of hydrogen-bond acceptors (Lipinski definition) is 5. The van der Waals surface area contributed by atoms with E-state index in [1.807, 2.05) is 6.92 Å². The van der Waals surface area contributed by atoms with Crippen molar-refractivity contribution >= 4 is 33.4 Å². The van der Waals surface area contributed by atoms with Gasteiger partial charge in [-0.05, 0) is 40.2 Å². The summed E-state index contributed by atoms with van der Waals surface area (Å²) >= 11 is 4.69. The van der Waals surface area contributed by atoms with Gasteiger partial charge >= 0.3 is 0 Å². The van der Waals surface area contributed by atoms with Crippen molar-refractivity contribution in [1.82, 2.24) is 15.0 Å². The average Bonchev–Trinajstić information content (AvgIpc) is 2.30. The molecule has 2 heterocycles. The highest BCUT2D eigenvalue weighted by Crippen LogP contribution is 2.33. The van der Waals surface area contributed by atoms with Crippen LogP contribution in [0.2, 0.25) is 0 Å². The lowest BCUT2D eigenvalue weighted by atomic mass is 10.3. The van der Waals surface area contributed by atoms with Crippen LogP contribution in [0.3, 0.4) is 0 Å². The number of nitrogens with two attached hydrogens (primary N) is 1. The van der Waals surface area contributed by atoms with Crippen LogP contribution in [-0.2, 0) is 0 Å². The molecule has 0 amide bonds. The molecule has 5 nitrogen and oxygen atoms in total. The average molecular weight is 313 g/mol. The van der Waals surface area contributed by atoms with Crippen LogP contribution in [-0.4, -0.2) is 15.0 Å². The summed E-state index contributed by atoms with van der Waals surface area (Å²) in [7, 11) is 0. The molecule has 0 aliphatic heterocycles. The van der Waals surface area contributed by atoms with Gasteiger partial charge in [0, 0.05) is 12.3 Å². The Morgan fingerprint density at radius 2 is 2.24 bits per heavy atom. The predicted molar refractivity (Wildman–Crippen MR) is 70.1 cm³/mol. The van der Waals surface area contributed by atoms with E-state index in [9.17, 15) is 4.79 Å². The Hall–Kier alpha value is -1.34. The fourth-order valence-electron chi connectivity index (χ4n) is 1.14. The second-order valence-corrected chi connectivity index (χ2v) is 5.07. The van der Waals surface area contributed by atoms with Crippen LogP contribution in [0, 0.1) is 6.92 Å². The molecule has 0 saturated carbocycles. The quantitative estimate of drug-likeness (QED) is 0.828. The molecule has 0 bridgehead atoms. The summed E-state index contributed by atoms with van der Waals surface area (Å²) in [6.45, 7) is 1.90. The molecule has 17 heavy (non-hydrogen) atoms. The summed E-state index contributed by atoms with van der Waals surface area (Å²) in [6.07, 6.45) is 3.04. The summed E-state index contributed by atoms with van der Waals surface area (Å²) in [5, 5.41) is 1.21. The molecule has 0 aromatic carbocycles. The van der Waals surface area contributed by atoms with Gasteiger partial charge < -0.3 is 10.7 Å². The largest absolute Gasteiger partial charge is 0.397 e. The number of nitrogens with one attached hydrogen (secondary N) is 1. The highest BCUT2D eigenvalue weighted by Gasteiger charge is 2.10. The molecule has 2 aromatic heterocycles. The van der Waals surface area contributed by atoms with E-state index in [0.29, 0.717) is 15.9 Å². The summed E-state index contributed by atoms with van der Waals surface area (Å²) < 4.78 is 0.814. The summed E-state index contributed by atoms with van der Waals surface area (Å²) in [5.41, 5.74) is 7.08. The third-order valence-corrected chi connectivity index (χ3v) is 4.25. The Bertz CT molecular complexity index is 613. The molecule has 0 aliphatic carbocycles. The molecule has 0 fully saturated rings. The van der Waals surface area contributed by atoms with Crippen LogP contribution >= 0.6 is 27.7 Å². The number of rotatable bonds is 2. The number of nitrogen functional groups attached to an aromatic ring is 1. The zero-order valence-corrected chi connectivity index (χ0v) is 11.3. The van der Waals surface area contributed by atoms with Crippen molar-refractivity contribution in [2.75, 3.05) is 5.73 Å². The van der Waals surface area contributed by atoms with Gasteiger partial charge in [0.05, 0.1) is 16.4 Å². The van der Waals surface area contributed by atoms with E-state index in [-0.39, 0.29) is 5.56 Å². The van der Waals surface area contributed by atoms with E-state index in [0.717, 1.165) is 10.0 Å². The van der Waals surface area contributed by atoms with Gasteiger partial charge in [-0.2, -0.15) is 0 Å². The van der Waals surface area contributed by atoms with Crippen molar-refractivity contribution in [1.29, 1.82) is 0 Å². The van der Waals surface area contributed by atoms with Gasteiger partial charge in [0.1, 0.15) is 5.03 Å². The highest BCUT2D eigenvalue weighted by atomic mass is 79.9. The van der Waals surface area contributed by atoms with E-state index in [2.05, 4.69) is 30.9 Å². The molecular weight excluding hydrogens is 304 g/mol. The van der Waals surface area contributed by atoms with Crippen LogP contribution in [0.15, 0.2) is 37.9 Å². The Labute approximate surface area is 110 Å². The van der Waals surface area contributed by atoms with E-state index in [1.165, 1.54) is 24.0 Å². The Kier molecular flexibility index (Phi) is 3.49. The topological polar surface area (TPSA) is 84.7 Å². The first kappa shape index (κ1) is 12.1. The molecule has 2 rings (SSSR count). The lowest BCUT2D eigenvalue weighted by Gasteiger charge is -2.07. The van der Waals surface area contributed by atoms with E-state index < -0.39 is 0 Å². The van der Waals surface area contributed by atoms with Crippen LogP contribution < -0.4 is 11.3 Å². The molecule has 0 saturated heterocycles. The second kappa shape index (κ2) is 4.89. The molecular formula is C10H9BrN4OS. The number of hydrogen-bond donors (Lipinski definition) is 2.